The maximum atomic E-state index is 12.1. The van der Waals surface area contributed by atoms with Crippen LogP contribution in [-0.4, -0.2) is 28.6 Å². The predicted octanol–water partition coefficient (Wildman–Crippen LogP) is 3.48. The first-order valence-corrected chi connectivity index (χ1v) is 7.86. The quantitative estimate of drug-likeness (QED) is 0.900. The predicted molar refractivity (Wildman–Crippen MR) is 93.8 cm³/mol. The van der Waals surface area contributed by atoms with Crippen LogP contribution in [0.1, 0.15) is 34.1 Å². The largest absolute Gasteiger partial charge is 0.444 e. The molecule has 0 aliphatic carbocycles. The van der Waals surface area contributed by atoms with Crippen molar-refractivity contribution in [3.8, 4) is 0 Å². The van der Waals surface area contributed by atoms with Gasteiger partial charge in [0.15, 0.2) is 0 Å². The summed E-state index contributed by atoms with van der Waals surface area (Å²) in [5.74, 6) is -0.174. The number of hydrogen-bond donors (Lipinski definition) is 2. The minimum Gasteiger partial charge on any atom is -0.444 e. The molecule has 1 atom stereocenters. The second-order valence-corrected chi connectivity index (χ2v) is 6.74. The Balaban J connectivity index is 1.88. The molecule has 0 radical (unpaired) electrons. The zero-order valence-corrected chi connectivity index (χ0v) is 14.4. The number of anilines is 1. The number of amides is 2. The standard InChI is InChI=1S/C18H23N3O3/c1-12(20-17(23)24-18(2,3)4)9-16(22)21-15-6-5-14-11-19-8-7-13(14)10-15/h5-8,10-12H,9H2,1-4H3,(H,20,23)(H,21,22). The van der Waals surface area contributed by atoms with Crippen LogP contribution in [0, 0.1) is 0 Å². The molecule has 0 aliphatic heterocycles. The SMILES string of the molecule is CC(CC(=O)Nc1ccc2cnccc2c1)NC(=O)OC(C)(C)C. The summed E-state index contributed by atoms with van der Waals surface area (Å²) in [4.78, 5) is 27.9. The van der Waals surface area contributed by atoms with E-state index in [4.69, 9.17) is 4.74 Å². The molecular weight excluding hydrogens is 306 g/mol. The molecule has 1 unspecified atom stereocenters. The average molecular weight is 329 g/mol. The normalized spacial score (nSPS) is 12.5. The number of nitrogens with zero attached hydrogens (tertiary/aromatic N) is 1. The van der Waals surface area contributed by atoms with Crippen LogP contribution >= 0.6 is 0 Å². The zero-order chi connectivity index (χ0) is 17.7. The summed E-state index contributed by atoms with van der Waals surface area (Å²) in [6.45, 7) is 7.13. The molecule has 6 heteroatoms. The van der Waals surface area contributed by atoms with Gasteiger partial charge in [-0.2, -0.15) is 0 Å². The molecule has 128 valence electrons. The number of carbonyl (C=O) groups is 2. The van der Waals surface area contributed by atoms with E-state index < -0.39 is 11.7 Å². The summed E-state index contributed by atoms with van der Waals surface area (Å²) in [5.41, 5.74) is 0.148. The first kappa shape index (κ1) is 17.7. The minimum atomic E-state index is -0.563. The van der Waals surface area contributed by atoms with E-state index in [2.05, 4.69) is 15.6 Å². The molecule has 24 heavy (non-hydrogen) atoms. The van der Waals surface area contributed by atoms with Crippen LogP contribution in [0.5, 0.6) is 0 Å². The zero-order valence-electron chi connectivity index (χ0n) is 14.4. The lowest BCUT2D eigenvalue weighted by atomic mass is 10.1. The highest BCUT2D eigenvalue weighted by Gasteiger charge is 2.18. The van der Waals surface area contributed by atoms with Gasteiger partial charge in [0, 0.05) is 35.9 Å². The molecule has 0 bridgehead atoms. The van der Waals surface area contributed by atoms with Crippen LogP contribution in [0.3, 0.4) is 0 Å². The fourth-order valence-electron chi connectivity index (χ4n) is 2.21. The first-order valence-electron chi connectivity index (χ1n) is 7.86. The van der Waals surface area contributed by atoms with E-state index in [0.29, 0.717) is 5.69 Å². The topological polar surface area (TPSA) is 80.3 Å². The van der Waals surface area contributed by atoms with Crippen LogP contribution in [0.25, 0.3) is 10.8 Å². The van der Waals surface area contributed by atoms with E-state index >= 15 is 0 Å². The van der Waals surface area contributed by atoms with Gasteiger partial charge in [-0.3, -0.25) is 9.78 Å². The number of alkyl carbamates (subject to hydrolysis) is 1. The van der Waals surface area contributed by atoms with E-state index in [0.717, 1.165) is 10.8 Å². The number of nitrogens with one attached hydrogen (secondary N) is 2. The summed E-state index contributed by atoms with van der Waals surface area (Å²) in [6.07, 6.45) is 3.11. The number of hydrogen-bond acceptors (Lipinski definition) is 4. The Morgan fingerprint density at radius 2 is 1.96 bits per heavy atom. The molecule has 2 rings (SSSR count). The van der Waals surface area contributed by atoms with Crippen molar-refractivity contribution >= 4 is 28.5 Å². The van der Waals surface area contributed by atoms with Crippen LogP contribution in [0.2, 0.25) is 0 Å². The van der Waals surface area contributed by atoms with E-state index in [-0.39, 0.29) is 18.4 Å². The molecule has 1 heterocycles. The van der Waals surface area contributed by atoms with Crippen molar-refractivity contribution in [2.45, 2.75) is 45.8 Å². The average Bonchev–Trinajstić information content (AvgIpc) is 2.44. The summed E-state index contributed by atoms with van der Waals surface area (Å²) in [7, 11) is 0. The lowest BCUT2D eigenvalue weighted by molar-refractivity contribution is -0.116. The van der Waals surface area contributed by atoms with Crippen molar-refractivity contribution in [2.24, 2.45) is 0 Å². The van der Waals surface area contributed by atoms with Crippen molar-refractivity contribution in [3.05, 3.63) is 36.7 Å². The highest BCUT2D eigenvalue weighted by molar-refractivity contribution is 5.94. The third-order valence-corrected chi connectivity index (χ3v) is 3.18. The Hall–Kier alpha value is -2.63. The molecule has 2 N–H and O–H groups in total. The van der Waals surface area contributed by atoms with Crippen molar-refractivity contribution in [3.63, 3.8) is 0 Å². The fraction of sp³-hybridized carbons (Fsp3) is 0.389. The molecule has 0 fully saturated rings. The van der Waals surface area contributed by atoms with Gasteiger partial charge in [0.1, 0.15) is 5.60 Å². The van der Waals surface area contributed by atoms with Crippen molar-refractivity contribution in [1.29, 1.82) is 0 Å². The van der Waals surface area contributed by atoms with Crippen molar-refractivity contribution < 1.29 is 14.3 Å². The smallest absolute Gasteiger partial charge is 0.407 e. The van der Waals surface area contributed by atoms with Gasteiger partial charge in [-0.15, -0.1) is 0 Å². The summed E-state index contributed by atoms with van der Waals surface area (Å²) in [6, 6.07) is 7.18. The Kier molecular flexibility index (Phi) is 5.39. The number of rotatable bonds is 4. The number of pyridine rings is 1. The first-order chi connectivity index (χ1) is 11.2. The Bertz CT molecular complexity index is 738. The van der Waals surface area contributed by atoms with Crippen molar-refractivity contribution in [2.75, 3.05) is 5.32 Å². The number of benzene rings is 1. The number of fused-ring (bicyclic) bond motifs is 1. The molecule has 2 aromatic rings. The minimum absolute atomic E-state index is 0.160. The Morgan fingerprint density at radius 1 is 1.21 bits per heavy atom. The van der Waals surface area contributed by atoms with Gasteiger partial charge in [-0.1, -0.05) is 6.07 Å². The van der Waals surface area contributed by atoms with Gasteiger partial charge in [0.2, 0.25) is 5.91 Å². The van der Waals surface area contributed by atoms with Gasteiger partial charge in [-0.25, -0.2) is 4.79 Å². The molecule has 1 aromatic carbocycles. The van der Waals surface area contributed by atoms with Gasteiger partial charge >= 0.3 is 6.09 Å². The van der Waals surface area contributed by atoms with E-state index in [1.165, 1.54) is 0 Å². The lowest BCUT2D eigenvalue weighted by Crippen LogP contribution is -2.39. The lowest BCUT2D eigenvalue weighted by Gasteiger charge is -2.21. The number of carbonyl (C=O) groups excluding carboxylic acids is 2. The summed E-state index contributed by atoms with van der Waals surface area (Å²) < 4.78 is 5.17. The molecule has 6 nitrogen and oxygen atoms in total. The Morgan fingerprint density at radius 3 is 2.67 bits per heavy atom. The highest BCUT2D eigenvalue weighted by atomic mass is 16.6. The van der Waals surface area contributed by atoms with Gasteiger partial charge in [0.05, 0.1) is 0 Å². The maximum absolute atomic E-state index is 12.1. The van der Waals surface area contributed by atoms with Gasteiger partial charge in [0.25, 0.3) is 0 Å². The number of ether oxygens (including phenoxy) is 1. The monoisotopic (exact) mass is 329 g/mol. The van der Waals surface area contributed by atoms with E-state index in [1.54, 1.807) is 40.1 Å². The fourth-order valence-corrected chi connectivity index (χ4v) is 2.21. The van der Waals surface area contributed by atoms with Crippen LogP contribution in [0.15, 0.2) is 36.7 Å². The second kappa shape index (κ2) is 7.29. The third kappa shape index (κ3) is 5.53. The van der Waals surface area contributed by atoms with Crippen LogP contribution in [-0.2, 0) is 9.53 Å². The highest BCUT2D eigenvalue weighted by Crippen LogP contribution is 2.18. The molecule has 0 aliphatic rings. The maximum Gasteiger partial charge on any atom is 0.407 e. The van der Waals surface area contributed by atoms with Gasteiger partial charge < -0.3 is 15.4 Å². The van der Waals surface area contributed by atoms with E-state index in [1.807, 2.05) is 24.3 Å². The van der Waals surface area contributed by atoms with E-state index in [9.17, 15) is 9.59 Å². The number of aromatic nitrogens is 1. The molecule has 2 amide bonds. The van der Waals surface area contributed by atoms with Crippen molar-refractivity contribution in [1.82, 2.24) is 10.3 Å². The summed E-state index contributed by atoms with van der Waals surface area (Å²) >= 11 is 0. The van der Waals surface area contributed by atoms with Crippen LogP contribution < -0.4 is 10.6 Å². The molecule has 0 saturated carbocycles. The molecular formula is C18H23N3O3. The molecule has 0 spiro atoms. The van der Waals surface area contributed by atoms with Gasteiger partial charge in [-0.05, 0) is 51.3 Å². The Labute approximate surface area is 141 Å². The van der Waals surface area contributed by atoms with Crippen LogP contribution in [0.4, 0.5) is 10.5 Å². The molecule has 0 saturated heterocycles. The molecule has 1 aromatic heterocycles. The summed E-state index contributed by atoms with van der Waals surface area (Å²) in [5, 5.41) is 7.50. The second-order valence-electron chi connectivity index (χ2n) is 6.74. The third-order valence-electron chi connectivity index (χ3n) is 3.18.